The normalized spacial score (nSPS) is 15.3. The second-order valence-electron chi connectivity index (χ2n) is 7.05. The molecule has 9 nitrogen and oxygen atoms in total. The Morgan fingerprint density at radius 3 is 2.55 bits per heavy atom. The number of aryl methyl sites for hydroxylation is 1. The van der Waals surface area contributed by atoms with Crippen molar-refractivity contribution in [2.24, 2.45) is 5.73 Å². The number of benzene rings is 1. The minimum absolute atomic E-state index is 0. The van der Waals surface area contributed by atoms with Crippen molar-refractivity contribution < 1.29 is 14.0 Å². The molecule has 0 radical (unpaired) electrons. The molecule has 0 saturated heterocycles. The van der Waals surface area contributed by atoms with Crippen LogP contribution in [0.5, 0.6) is 5.75 Å². The maximum absolute atomic E-state index is 6.42. The van der Waals surface area contributed by atoms with Crippen LogP contribution in [-0.2, 0) is 10.3 Å². The zero-order valence-electron chi connectivity index (χ0n) is 16.5. The molecule has 1 aliphatic rings. The van der Waals surface area contributed by atoms with Crippen LogP contribution in [0.1, 0.15) is 37.2 Å². The van der Waals surface area contributed by atoms with E-state index >= 15 is 0 Å². The average Bonchev–Trinajstić information content (AvgIpc) is 3.43. The molecular formula is C19H25ClN6O3. The van der Waals surface area contributed by atoms with Crippen molar-refractivity contribution in [2.75, 3.05) is 20.3 Å². The Hall–Kier alpha value is -2.49. The molecule has 1 aromatic carbocycles. The fourth-order valence-corrected chi connectivity index (χ4v) is 3.36. The molecule has 29 heavy (non-hydrogen) atoms. The van der Waals surface area contributed by atoms with Gasteiger partial charge >= 0.3 is 0 Å². The molecule has 1 aliphatic carbocycles. The lowest BCUT2D eigenvalue weighted by Crippen LogP contribution is -2.34. The Labute approximate surface area is 175 Å². The number of hydrogen-bond acceptors (Lipinski definition) is 8. The lowest BCUT2D eigenvalue weighted by Gasteiger charge is -2.17. The summed E-state index contributed by atoms with van der Waals surface area (Å²) in [4.78, 5) is 6.05. The van der Waals surface area contributed by atoms with E-state index in [9.17, 15) is 0 Å². The summed E-state index contributed by atoms with van der Waals surface area (Å²) < 4.78 is 16.0. The van der Waals surface area contributed by atoms with Crippen molar-refractivity contribution in [1.29, 1.82) is 0 Å². The van der Waals surface area contributed by atoms with Gasteiger partial charge in [0.25, 0.3) is 5.89 Å². The molecule has 2 aromatic heterocycles. The van der Waals surface area contributed by atoms with Gasteiger partial charge in [0.05, 0.1) is 23.5 Å². The number of hydrogen-bond donors (Lipinski definition) is 1. The van der Waals surface area contributed by atoms with Gasteiger partial charge in [-0.25, -0.2) is 0 Å². The summed E-state index contributed by atoms with van der Waals surface area (Å²) in [6.45, 7) is 2.90. The van der Waals surface area contributed by atoms with Crippen LogP contribution in [0, 0.1) is 6.92 Å². The summed E-state index contributed by atoms with van der Waals surface area (Å²) in [5.74, 6) is 1.65. The fraction of sp³-hybridized carbons (Fsp3) is 0.474. The molecule has 0 amide bonds. The van der Waals surface area contributed by atoms with Gasteiger partial charge in [0.15, 0.2) is 11.5 Å². The molecule has 4 rings (SSSR count). The van der Waals surface area contributed by atoms with Gasteiger partial charge in [-0.2, -0.15) is 14.9 Å². The van der Waals surface area contributed by atoms with Gasteiger partial charge in [0.1, 0.15) is 12.4 Å². The Kier molecular flexibility index (Phi) is 6.51. The number of halogens is 1. The van der Waals surface area contributed by atoms with E-state index in [1.165, 1.54) is 0 Å². The van der Waals surface area contributed by atoms with E-state index in [4.69, 9.17) is 19.7 Å². The summed E-state index contributed by atoms with van der Waals surface area (Å²) in [6, 6.07) is 7.51. The topological polar surface area (TPSA) is 114 Å². The third-order valence-electron chi connectivity index (χ3n) is 4.98. The van der Waals surface area contributed by atoms with Crippen molar-refractivity contribution in [3.05, 3.63) is 35.8 Å². The van der Waals surface area contributed by atoms with Crippen LogP contribution in [0.15, 0.2) is 28.8 Å². The monoisotopic (exact) mass is 420 g/mol. The van der Waals surface area contributed by atoms with E-state index in [1.807, 2.05) is 31.2 Å². The van der Waals surface area contributed by atoms with Gasteiger partial charge < -0.3 is 19.7 Å². The number of methoxy groups -OCH3 is 1. The second kappa shape index (κ2) is 8.89. The molecule has 0 bridgehead atoms. The van der Waals surface area contributed by atoms with Crippen LogP contribution in [0.25, 0.3) is 17.3 Å². The maximum Gasteiger partial charge on any atom is 0.280 e. The predicted molar refractivity (Wildman–Crippen MR) is 108 cm³/mol. The minimum atomic E-state index is -0.496. The maximum atomic E-state index is 6.42. The van der Waals surface area contributed by atoms with E-state index in [0.29, 0.717) is 36.3 Å². The molecule has 0 aliphatic heterocycles. The lowest BCUT2D eigenvalue weighted by molar-refractivity contribution is 0.146. The Morgan fingerprint density at radius 2 is 1.86 bits per heavy atom. The van der Waals surface area contributed by atoms with Crippen molar-refractivity contribution in [3.8, 4) is 23.0 Å². The highest BCUT2D eigenvalue weighted by Gasteiger charge is 2.36. The first-order valence-electron chi connectivity index (χ1n) is 9.39. The molecule has 3 aromatic rings. The van der Waals surface area contributed by atoms with Gasteiger partial charge in [0, 0.05) is 7.11 Å². The number of nitrogens with zero attached hydrogens (tertiary/aromatic N) is 5. The molecule has 2 N–H and O–H groups in total. The van der Waals surface area contributed by atoms with Crippen molar-refractivity contribution >= 4 is 12.4 Å². The molecular weight excluding hydrogens is 396 g/mol. The van der Waals surface area contributed by atoms with Crippen molar-refractivity contribution in [1.82, 2.24) is 25.1 Å². The predicted octanol–water partition coefficient (Wildman–Crippen LogP) is 2.80. The zero-order chi connectivity index (χ0) is 19.6. The first-order valence-corrected chi connectivity index (χ1v) is 9.39. The Balaban J connectivity index is 0.00000240. The second-order valence-corrected chi connectivity index (χ2v) is 7.05. The van der Waals surface area contributed by atoms with Gasteiger partial charge in [0.2, 0.25) is 0 Å². The largest absolute Gasteiger partial charge is 0.491 e. The molecule has 0 unspecified atom stereocenters. The zero-order valence-corrected chi connectivity index (χ0v) is 17.3. The van der Waals surface area contributed by atoms with Crippen LogP contribution in [0.2, 0.25) is 0 Å². The summed E-state index contributed by atoms with van der Waals surface area (Å²) in [5.41, 5.74) is 7.99. The Bertz CT molecular complexity index is 934. The van der Waals surface area contributed by atoms with Crippen LogP contribution in [-0.4, -0.2) is 45.5 Å². The van der Waals surface area contributed by atoms with Crippen LogP contribution in [0.4, 0.5) is 0 Å². The molecule has 2 heterocycles. The highest BCUT2D eigenvalue weighted by atomic mass is 35.5. The fourth-order valence-electron chi connectivity index (χ4n) is 3.36. The summed E-state index contributed by atoms with van der Waals surface area (Å²) in [6.07, 6.45) is 3.91. The van der Waals surface area contributed by atoms with Crippen LogP contribution < -0.4 is 10.5 Å². The van der Waals surface area contributed by atoms with Gasteiger partial charge in [-0.05, 0) is 44.0 Å². The third kappa shape index (κ3) is 4.42. The number of nitrogens with two attached hydrogens (primary N) is 1. The van der Waals surface area contributed by atoms with Crippen LogP contribution >= 0.6 is 12.4 Å². The van der Waals surface area contributed by atoms with Crippen molar-refractivity contribution in [2.45, 2.75) is 38.1 Å². The molecule has 1 saturated carbocycles. The smallest absolute Gasteiger partial charge is 0.280 e. The summed E-state index contributed by atoms with van der Waals surface area (Å²) >= 11 is 0. The highest BCUT2D eigenvalue weighted by Crippen LogP contribution is 2.35. The van der Waals surface area contributed by atoms with Gasteiger partial charge in [-0.15, -0.1) is 17.5 Å². The minimum Gasteiger partial charge on any atom is -0.491 e. The standard InChI is InChI=1S/C19H24N6O3.ClH/c1-13-16(17-21-18(24-28-17)19(20)9-3-4-10-19)23-25(22-13)14-5-7-15(8-6-14)27-12-11-26-2;/h5-8H,3-4,9-12,20H2,1-2H3;1H. The number of ether oxygens (including phenoxy) is 2. The molecule has 156 valence electrons. The first-order chi connectivity index (χ1) is 13.6. The van der Waals surface area contributed by atoms with E-state index in [2.05, 4.69) is 20.3 Å². The SMILES string of the molecule is COCCOc1ccc(-n2nc(C)c(-c3nc(C4(N)CCCC4)no3)n2)cc1.Cl. The number of rotatable bonds is 7. The van der Waals surface area contributed by atoms with Crippen LogP contribution in [0.3, 0.4) is 0 Å². The number of aromatic nitrogens is 5. The quantitative estimate of drug-likeness (QED) is 0.580. The van der Waals surface area contributed by atoms with E-state index < -0.39 is 5.54 Å². The molecule has 1 fully saturated rings. The Morgan fingerprint density at radius 1 is 1.14 bits per heavy atom. The average molecular weight is 421 g/mol. The molecule has 0 atom stereocenters. The van der Waals surface area contributed by atoms with Crippen molar-refractivity contribution in [3.63, 3.8) is 0 Å². The van der Waals surface area contributed by atoms with E-state index in [0.717, 1.165) is 37.1 Å². The van der Waals surface area contributed by atoms with Gasteiger partial charge in [-0.1, -0.05) is 18.0 Å². The summed E-state index contributed by atoms with van der Waals surface area (Å²) in [7, 11) is 1.64. The first kappa shape index (κ1) is 21.2. The third-order valence-corrected chi connectivity index (χ3v) is 4.98. The van der Waals surface area contributed by atoms with E-state index in [-0.39, 0.29) is 12.4 Å². The van der Waals surface area contributed by atoms with Gasteiger partial charge in [-0.3, -0.25) is 0 Å². The molecule has 0 spiro atoms. The molecule has 10 heteroatoms. The lowest BCUT2D eigenvalue weighted by atomic mass is 9.99. The van der Waals surface area contributed by atoms with E-state index in [1.54, 1.807) is 11.9 Å². The highest BCUT2D eigenvalue weighted by molar-refractivity contribution is 5.85. The summed E-state index contributed by atoms with van der Waals surface area (Å²) in [5, 5.41) is 13.1.